The fourth-order valence-electron chi connectivity index (χ4n) is 1.77. The number of aliphatic carboxylic acids is 1. The lowest BCUT2D eigenvalue weighted by Gasteiger charge is -2.20. The van der Waals surface area contributed by atoms with Crippen LogP contribution in [-0.4, -0.2) is 20.9 Å². The average Bonchev–Trinajstić information content (AvgIpc) is 2.53. The number of nitrogen functional groups attached to an aromatic ring is 1. The first-order valence-electron chi connectivity index (χ1n) is 5.90. The van der Waals surface area contributed by atoms with Crippen LogP contribution >= 0.6 is 0 Å². The molecule has 0 fully saturated rings. The van der Waals surface area contributed by atoms with Crippen LogP contribution in [0.1, 0.15) is 39.1 Å². The smallest absolute Gasteiger partial charge is 0.310 e. The molecular weight excluding hydrogens is 218 g/mol. The van der Waals surface area contributed by atoms with E-state index in [0.717, 1.165) is 24.2 Å². The van der Waals surface area contributed by atoms with Crippen LogP contribution in [0.2, 0.25) is 0 Å². The van der Waals surface area contributed by atoms with Gasteiger partial charge in [0.25, 0.3) is 0 Å². The van der Waals surface area contributed by atoms with Crippen molar-refractivity contribution < 1.29 is 9.90 Å². The Balaban J connectivity index is 3.10. The van der Waals surface area contributed by atoms with Crippen LogP contribution in [0, 0.1) is 5.41 Å². The van der Waals surface area contributed by atoms with E-state index in [0.29, 0.717) is 12.2 Å². The highest BCUT2D eigenvalue weighted by Crippen LogP contribution is 2.24. The lowest BCUT2D eigenvalue weighted by molar-refractivity contribution is -0.147. The third-order valence-electron chi connectivity index (χ3n) is 2.97. The monoisotopic (exact) mass is 239 g/mol. The molecule has 0 spiro atoms. The van der Waals surface area contributed by atoms with E-state index in [1.807, 2.05) is 13.8 Å². The molecule has 0 radical (unpaired) electrons. The Kier molecular flexibility index (Phi) is 3.80. The fourth-order valence-corrected chi connectivity index (χ4v) is 1.77. The Labute approximate surface area is 102 Å². The van der Waals surface area contributed by atoms with Crippen molar-refractivity contribution in [3.05, 3.63) is 11.4 Å². The van der Waals surface area contributed by atoms with Crippen molar-refractivity contribution >= 4 is 11.7 Å². The van der Waals surface area contributed by atoms with Crippen LogP contribution < -0.4 is 5.73 Å². The number of hydrogen-bond acceptors (Lipinski definition) is 3. The highest BCUT2D eigenvalue weighted by atomic mass is 16.4. The van der Waals surface area contributed by atoms with Gasteiger partial charge in [-0.05, 0) is 26.7 Å². The number of hydrogen-bond donors (Lipinski definition) is 2. The summed E-state index contributed by atoms with van der Waals surface area (Å²) in [6, 6.07) is 0. The van der Waals surface area contributed by atoms with Crippen LogP contribution in [0.3, 0.4) is 0 Å². The van der Waals surface area contributed by atoms with Gasteiger partial charge in [-0.2, -0.15) is 5.10 Å². The van der Waals surface area contributed by atoms with E-state index in [2.05, 4.69) is 5.10 Å². The van der Waals surface area contributed by atoms with Gasteiger partial charge < -0.3 is 10.8 Å². The maximum Gasteiger partial charge on any atom is 0.310 e. The number of carboxylic acid groups (broad SMARTS) is 1. The summed E-state index contributed by atoms with van der Waals surface area (Å²) in [6.07, 6.45) is 1.52. The molecule has 0 aromatic carbocycles. The molecule has 0 bridgehead atoms. The standard InChI is InChI=1S/C12H21N3O2/c1-5-8-10(13)9(6-2)15(14-8)7-12(3,4)11(16)17/h5-7,13H2,1-4H3,(H,16,17). The molecule has 0 aliphatic heterocycles. The summed E-state index contributed by atoms with van der Waals surface area (Å²) in [5.74, 6) is -0.827. The summed E-state index contributed by atoms with van der Waals surface area (Å²) in [4.78, 5) is 11.1. The molecule has 0 amide bonds. The van der Waals surface area contributed by atoms with Gasteiger partial charge in [-0.1, -0.05) is 13.8 Å². The maximum atomic E-state index is 11.1. The first kappa shape index (κ1) is 13.5. The summed E-state index contributed by atoms with van der Waals surface area (Å²) in [6.45, 7) is 7.72. The Bertz CT molecular complexity index is 422. The number of carbonyl (C=O) groups is 1. The van der Waals surface area contributed by atoms with Gasteiger partial charge in [-0.15, -0.1) is 0 Å². The minimum Gasteiger partial charge on any atom is -0.481 e. The molecule has 0 atom stereocenters. The first-order valence-corrected chi connectivity index (χ1v) is 5.90. The molecule has 1 aromatic rings. The summed E-state index contributed by atoms with van der Waals surface area (Å²) in [7, 11) is 0. The molecule has 1 aromatic heterocycles. The molecule has 0 saturated heterocycles. The van der Waals surface area contributed by atoms with Crippen molar-refractivity contribution in [3.63, 3.8) is 0 Å². The van der Waals surface area contributed by atoms with E-state index in [9.17, 15) is 4.79 Å². The van der Waals surface area contributed by atoms with Crippen LogP contribution in [0.4, 0.5) is 5.69 Å². The van der Waals surface area contributed by atoms with Crippen molar-refractivity contribution in [2.45, 2.75) is 47.1 Å². The molecule has 96 valence electrons. The first-order chi connectivity index (χ1) is 7.83. The highest BCUT2D eigenvalue weighted by molar-refractivity contribution is 5.73. The van der Waals surface area contributed by atoms with E-state index in [1.54, 1.807) is 18.5 Å². The lowest BCUT2D eigenvalue weighted by Crippen LogP contribution is -2.30. The van der Waals surface area contributed by atoms with Crippen molar-refractivity contribution in [3.8, 4) is 0 Å². The van der Waals surface area contributed by atoms with Gasteiger partial charge >= 0.3 is 5.97 Å². The Morgan fingerprint density at radius 1 is 1.41 bits per heavy atom. The van der Waals surface area contributed by atoms with Crippen molar-refractivity contribution in [2.24, 2.45) is 5.41 Å². The predicted molar refractivity (Wildman–Crippen MR) is 66.8 cm³/mol. The van der Waals surface area contributed by atoms with E-state index >= 15 is 0 Å². The molecule has 1 rings (SSSR count). The summed E-state index contributed by atoms with van der Waals surface area (Å²) < 4.78 is 1.74. The van der Waals surface area contributed by atoms with E-state index < -0.39 is 11.4 Å². The molecule has 5 heteroatoms. The number of carboxylic acids is 1. The average molecular weight is 239 g/mol. The van der Waals surface area contributed by atoms with Crippen molar-refractivity contribution in [1.29, 1.82) is 0 Å². The summed E-state index contributed by atoms with van der Waals surface area (Å²) >= 11 is 0. The normalized spacial score (nSPS) is 11.8. The lowest BCUT2D eigenvalue weighted by atomic mass is 9.94. The maximum absolute atomic E-state index is 11.1. The number of aryl methyl sites for hydroxylation is 1. The fraction of sp³-hybridized carbons (Fsp3) is 0.667. The quantitative estimate of drug-likeness (QED) is 0.819. The SMILES string of the molecule is CCc1nn(CC(C)(C)C(=O)O)c(CC)c1N. The van der Waals surface area contributed by atoms with E-state index in [1.165, 1.54) is 0 Å². The molecule has 0 unspecified atom stereocenters. The second-order valence-electron chi connectivity index (χ2n) is 4.86. The molecule has 0 aliphatic rings. The highest BCUT2D eigenvalue weighted by Gasteiger charge is 2.29. The zero-order valence-electron chi connectivity index (χ0n) is 10.9. The zero-order valence-corrected chi connectivity index (χ0v) is 10.9. The Hall–Kier alpha value is -1.52. The number of aromatic nitrogens is 2. The molecule has 5 nitrogen and oxygen atoms in total. The number of nitrogens with zero attached hydrogens (tertiary/aromatic N) is 2. The van der Waals surface area contributed by atoms with Crippen molar-refractivity contribution in [2.75, 3.05) is 5.73 Å². The van der Waals surface area contributed by atoms with Gasteiger partial charge in [-0.25, -0.2) is 0 Å². The van der Waals surface area contributed by atoms with Crippen LogP contribution in [0.25, 0.3) is 0 Å². The second kappa shape index (κ2) is 4.77. The number of nitrogens with two attached hydrogens (primary N) is 1. The Morgan fingerprint density at radius 2 is 2.00 bits per heavy atom. The molecule has 17 heavy (non-hydrogen) atoms. The molecule has 1 heterocycles. The molecule has 0 aliphatic carbocycles. The summed E-state index contributed by atoms with van der Waals surface area (Å²) in [5.41, 5.74) is 7.63. The predicted octanol–water partition coefficient (Wildman–Crippen LogP) is 1.70. The Morgan fingerprint density at radius 3 is 2.41 bits per heavy atom. The molecular formula is C12H21N3O2. The van der Waals surface area contributed by atoms with E-state index in [4.69, 9.17) is 10.8 Å². The third kappa shape index (κ3) is 2.60. The van der Waals surface area contributed by atoms with Gasteiger partial charge in [0, 0.05) is 0 Å². The third-order valence-corrected chi connectivity index (χ3v) is 2.97. The van der Waals surface area contributed by atoms with Gasteiger partial charge in [0.2, 0.25) is 0 Å². The summed E-state index contributed by atoms with van der Waals surface area (Å²) in [5, 5.41) is 13.5. The van der Waals surface area contributed by atoms with Crippen LogP contribution in [-0.2, 0) is 24.2 Å². The van der Waals surface area contributed by atoms with Crippen molar-refractivity contribution in [1.82, 2.24) is 9.78 Å². The number of anilines is 1. The minimum absolute atomic E-state index is 0.343. The van der Waals surface area contributed by atoms with Gasteiger partial charge in [0.1, 0.15) is 0 Å². The zero-order chi connectivity index (χ0) is 13.2. The van der Waals surface area contributed by atoms with Gasteiger partial charge in [0.15, 0.2) is 0 Å². The van der Waals surface area contributed by atoms with Gasteiger partial charge in [0.05, 0.1) is 29.0 Å². The number of rotatable bonds is 5. The second-order valence-corrected chi connectivity index (χ2v) is 4.86. The van der Waals surface area contributed by atoms with Crippen LogP contribution in [0.5, 0.6) is 0 Å². The molecule has 3 N–H and O–H groups in total. The molecule has 0 saturated carbocycles. The van der Waals surface area contributed by atoms with E-state index in [-0.39, 0.29) is 0 Å². The minimum atomic E-state index is -0.840. The van der Waals surface area contributed by atoms with Crippen LogP contribution in [0.15, 0.2) is 0 Å². The topological polar surface area (TPSA) is 81.1 Å². The largest absolute Gasteiger partial charge is 0.481 e. The van der Waals surface area contributed by atoms with Gasteiger partial charge in [-0.3, -0.25) is 9.48 Å².